The molecule has 1 aliphatic rings. The van der Waals surface area contributed by atoms with E-state index in [1.54, 1.807) is 14.2 Å². The van der Waals surface area contributed by atoms with Crippen molar-refractivity contribution in [1.82, 2.24) is 4.90 Å². The van der Waals surface area contributed by atoms with Crippen molar-refractivity contribution >= 4 is 11.8 Å². The van der Waals surface area contributed by atoms with Crippen LogP contribution in [0.5, 0.6) is 11.5 Å². The first-order valence-electron chi connectivity index (χ1n) is 7.03. The van der Waals surface area contributed by atoms with E-state index in [9.17, 15) is 0 Å². The van der Waals surface area contributed by atoms with Gasteiger partial charge >= 0.3 is 0 Å². The molecule has 2 rings (SSSR count). The van der Waals surface area contributed by atoms with Gasteiger partial charge in [0.2, 0.25) is 0 Å². The molecule has 2 N–H and O–H groups in total. The molecule has 0 aliphatic carbocycles. The van der Waals surface area contributed by atoms with Gasteiger partial charge in [0, 0.05) is 31.0 Å². The van der Waals surface area contributed by atoms with Crippen LogP contribution in [-0.2, 0) is 0 Å². The summed E-state index contributed by atoms with van der Waals surface area (Å²) in [7, 11) is 3.36. The molecule has 0 amide bonds. The summed E-state index contributed by atoms with van der Waals surface area (Å²) in [6.45, 7) is 2.81. The van der Waals surface area contributed by atoms with E-state index < -0.39 is 0 Å². The van der Waals surface area contributed by atoms with Gasteiger partial charge < -0.3 is 15.2 Å². The summed E-state index contributed by atoms with van der Waals surface area (Å²) in [6.07, 6.45) is 1.22. The summed E-state index contributed by atoms with van der Waals surface area (Å²) in [5, 5.41) is 0. The van der Waals surface area contributed by atoms with E-state index in [0.717, 1.165) is 24.6 Å². The van der Waals surface area contributed by atoms with E-state index in [0.29, 0.717) is 6.54 Å². The van der Waals surface area contributed by atoms with E-state index in [1.165, 1.54) is 23.5 Å². The van der Waals surface area contributed by atoms with Crippen LogP contribution in [0.25, 0.3) is 0 Å². The van der Waals surface area contributed by atoms with Crippen molar-refractivity contribution < 1.29 is 9.47 Å². The van der Waals surface area contributed by atoms with Gasteiger partial charge in [-0.15, -0.1) is 0 Å². The maximum Gasteiger partial charge on any atom is 0.122 e. The topological polar surface area (TPSA) is 47.7 Å². The van der Waals surface area contributed by atoms with Gasteiger partial charge in [-0.1, -0.05) is 0 Å². The summed E-state index contributed by atoms with van der Waals surface area (Å²) < 4.78 is 10.7. The van der Waals surface area contributed by atoms with Crippen LogP contribution >= 0.6 is 11.8 Å². The van der Waals surface area contributed by atoms with E-state index in [-0.39, 0.29) is 6.04 Å². The molecule has 0 bridgehead atoms. The van der Waals surface area contributed by atoms with E-state index in [1.807, 2.05) is 17.8 Å². The zero-order valence-electron chi connectivity index (χ0n) is 12.3. The average molecular weight is 296 g/mol. The van der Waals surface area contributed by atoms with Crippen molar-refractivity contribution in [3.8, 4) is 11.5 Å². The minimum Gasteiger partial charge on any atom is -0.497 e. The first-order valence-corrected chi connectivity index (χ1v) is 8.18. The average Bonchev–Trinajstić information content (AvgIpc) is 2.77. The van der Waals surface area contributed by atoms with Crippen molar-refractivity contribution in [2.75, 3.05) is 45.4 Å². The smallest absolute Gasteiger partial charge is 0.122 e. The molecular weight excluding hydrogens is 272 g/mol. The largest absolute Gasteiger partial charge is 0.497 e. The highest BCUT2D eigenvalue weighted by Crippen LogP contribution is 2.30. The lowest BCUT2D eigenvalue weighted by Gasteiger charge is -2.30. The number of hydrogen-bond donors (Lipinski definition) is 1. The van der Waals surface area contributed by atoms with Crippen LogP contribution in [0.4, 0.5) is 0 Å². The molecule has 112 valence electrons. The number of thioether (sulfide) groups is 1. The van der Waals surface area contributed by atoms with Gasteiger partial charge in [-0.25, -0.2) is 0 Å². The third-order valence-corrected chi connectivity index (χ3v) is 4.73. The Morgan fingerprint density at radius 3 is 2.45 bits per heavy atom. The second-order valence-electron chi connectivity index (χ2n) is 4.90. The van der Waals surface area contributed by atoms with Gasteiger partial charge in [-0.2, -0.15) is 11.8 Å². The third-order valence-electron chi connectivity index (χ3n) is 3.68. The van der Waals surface area contributed by atoms with Crippen LogP contribution in [-0.4, -0.2) is 50.3 Å². The molecule has 1 fully saturated rings. The van der Waals surface area contributed by atoms with Gasteiger partial charge in [0.05, 0.1) is 14.2 Å². The molecule has 1 unspecified atom stereocenters. The minimum atomic E-state index is 0.234. The van der Waals surface area contributed by atoms with Crippen LogP contribution < -0.4 is 15.2 Å². The summed E-state index contributed by atoms with van der Waals surface area (Å²) in [4.78, 5) is 2.48. The Balaban J connectivity index is 2.25. The number of nitrogens with zero attached hydrogens (tertiary/aromatic N) is 1. The van der Waals surface area contributed by atoms with Gasteiger partial charge in [-0.3, -0.25) is 4.90 Å². The van der Waals surface area contributed by atoms with Crippen LogP contribution in [0.15, 0.2) is 18.2 Å². The first kappa shape index (κ1) is 15.5. The SMILES string of the molecule is COc1cc(OC)cc(C(CN)N2CCCSCC2)c1. The van der Waals surface area contributed by atoms with Crippen LogP contribution in [0, 0.1) is 0 Å². The van der Waals surface area contributed by atoms with Gasteiger partial charge in [0.15, 0.2) is 0 Å². The van der Waals surface area contributed by atoms with Crippen LogP contribution in [0.3, 0.4) is 0 Å². The van der Waals surface area contributed by atoms with Crippen LogP contribution in [0.1, 0.15) is 18.0 Å². The number of rotatable bonds is 5. The predicted octanol–water partition coefficient (Wildman–Crippen LogP) is 2.14. The molecule has 1 heterocycles. The van der Waals surface area contributed by atoms with Crippen molar-refractivity contribution in [2.45, 2.75) is 12.5 Å². The molecule has 5 heteroatoms. The molecule has 20 heavy (non-hydrogen) atoms. The molecule has 0 aromatic heterocycles. The number of methoxy groups -OCH3 is 2. The first-order chi connectivity index (χ1) is 9.78. The number of benzene rings is 1. The summed E-state index contributed by atoms with van der Waals surface area (Å²) >= 11 is 2.03. The molecule has 1 saturated heterocycles. The zero-order chi connectivity index (χ0) is 14.4. The van der Waals surface area contributed by atoms with Crippen molar-refractivity contribution in [3.05, 3.63) is 23.8 Å². The Morgan fingerprint density at radius 1 is 1.15 bits per heavy atom. The van der Waals surface area contributed by atoms with Gasteiger partial charge in [0.25, 0.3) is 0 Å². The molecule has 1 aromatic rings. The fourth-order valence-electron chi connectivity index (χ4n) is 2.59. The fourth-order valence-corrected chi connectivity index (χ4v) is 3.50. The lowest BCUT2D eigenvalue weighted by Crippen LogP contribution is -2.35. The Morgan fingerprint density at radius 2 is 1.85 bits per heavy atom. The van der Waals surface area contributed by atoms with E-state index in [4.69, 9.17) is 15.2 Å². The Bertz CT molecular complexity index is 398. The molecule has 0 radical (unpaired) electrons. The molecule has 0 spiro atoms. The number of ether oxygens (including phenoxy) is 2. The highest BCUT2D eigenvalue weighted by Gasteiger charge is 2.21. The van der Waals surface area contributed by atoms with E-state index >= 15 is 0 Å². The Kier molecular flexibility index (Phi) is 6.01. The second kappa shape index (κ2) is 7.76. The third kappa shape index (κ3) is 3.81. The monoisotopic (exact) mass is 296 g/mol. The Labute approximate surface area is 125 Å². The van der Waals surface area contributed by atoms with Crippen LogP contribution in [0.2, 0.25) is 0 Å². The molecule has 1 aliphatic heterocycles. The van der Waals surface area contributed by atoms with E-state index in [2.05, 4.69) is 17.0 Å². The quantitative estimate of drug-likeness (QED) is 0.902. The fraction of sp³-hybridized carbons (Fsp3) is 0.600. The maximum absolute atomic E-state index is 6.04. The standard InChI is InChI=1S/C15H24N2O2S/c1-18-13-8-12(9-14(10-13)19-2)15(11-16)17-4-3-6-20-7-5-17/h8-10,15H,3-7,11,16H2,1-2H3. The van der Waals surface area contributed by atoms with Gasteiger partial charge in [-0.05, 0) is 36.4 Å². The highest BCUT2D eigenvalue weighted by molar-refractivity contribution is 7.99. The van der Waals surface area contributed by atoms with Gasteiger partial charge in [0.1, 0.15) is 11.5 Å². The molecule has 0 saturated carbocycles. The predicted molar refractivity (Wildman–Crippen MR) is 84.9 cm³/mol. The lowest BCUT2D eigenvalue weighted by atomic mass is 10.0. The molecule has 4 nitrogen and oxygen atoms in total. The maximum atomic E-state index is 6.04. The van der Waals surface area contributed by atoms with Crippen molar-refractivity contribution in [2.24, 2.45) is 5.73 Å². The lowest BCUT2D eigenvalue weighted by molar-refractivity contribution is 0.217. The molecular formula is C15H24N2O2S. The summed E-state index contributed by atoms with van der Waals surface area (Å²) in [5.41, 5.74) is 7.22. The molecule has 1 atom stereocenters. The zero-order valence-corrected chi connectivity index (χ0v) is 13.1. The highest BCUT2D eigenvalue weighted by atomic mass is 32.2. The normalized spacial score (nSPS) is 18.4. The number of nitrogens with two attached hydrogens (primary N) is 1. The summed E-state index contributed by atoms with van der Waals surface area (Å²) in [5.74, 6) is 4.07. The second-order valence-corrected chi connectivity index (χ2v) is 6.12. The number of hydrogen-bond acceptors (Lipinski definition) is 5. The summed E-state index contributed by atoms with van der Waals surface area (Å²) in [6, 6.07) is 6.27. The molecule has 1 aromatic carbocycles. The van der Waals surface area contributed by atoms with Crippen molar-refractivity contribution in [1.29, 1.82) is 0 Å². The minimum absolute atomic E-state index is 0.234. The Hall–Kier alpha value is -0.910. The van der Waals surface area contributed by atoms with Crippen molar-refractivity contribution in [3.63, 3.8) is 0 Å².